The molecule has 18 heavy (non-hydrogen) atoms. The van der Waals surface area contributed by atoms with Crippen LogP contribution in [0.4, 0.5) is 0 Å². The highest BCUT2D eigenvalue weighted by atomic mass is 14.9. The van der Waals surface area contributed by atoms with Crippen LogP contribution in [0.5, 0.6) is 0 Å². The van der Waals surface area contributed by atoms with Gasteiger partial charge in [-0.15, -0.1) is 0 Å². The number of rotatable bonds is 6. The summed E-state index contributed by atoms with van der Waals surface area (Å²) in [4.78, 5) is 0. The second-order valence-electron chi connectivity index (χ2n) is 6.06. The Morgan fingerprint density at radius 2 is 1.78 bits per heavy atom. The molecule has 100 valence electrons. The third kappa shape index (κ3) is 4.13. The minimum absolute atomic E-state index is 0.602. The molecule has 1 nitrogen and oxygen atoms in total. The molecule has 0 saturated heterocycles. The second kappa shape index (κ2) is 6.94. The highest BCUT2D eigenvalue weighted by molar-refractivity contribution is 5.15. The van der Waals surface area contributed by atoms with Crippen LogP contribution in [0.25, 0.3) is 0 Å². The summed E-state index contributed by atoms with van der Waals surface area (Å²) in [7, 11) is 0. The van der Waals surface area contributed by atoms with Crippen molar-refractivity contribution in [3.63, 3.8) is 0 Å². The summed E-state index contributed by atoms with van der Waals surface area (Å²) < 4.78 is 0. The van der Waals surface area contributed by atoms with E-state index < -0.39 is 0 Å². The number of hydrogen-bond acceptors (Lipinski definition) is 1. The Kier molecular flexibility index (Phi) is 5.25. The Morgan fingerprint density at radius 1 is 1.11 bits per heavy atom. The fraction of sp³-hybridized carbons (Fsp3) is 0.647. The fourth-order valence-corrected chi connectivity index (χ4v) is 3.14. The van der Waals surface area contributed by atoms with Crippen molar-refractivity contribution in [1.82, 2.24) is 5.32 Å². The minimum Gasteiger partial charge on any atom is -0.314 e. The first-order valence-corrected chi connectivity index (χ1v) is 7.53. The molecule has 1 atom stereocenters. The van der Waals surface area contributed by atoms with Crippen LogP contribution in [0, 0.1) is 11.8 Å². The molecule has 1 aliphatic carbocycles. The van der Waals surface area contributed by atoms with Crippen molar-refractivity contribution in [2.75, 3.05) is 6.54 Å². The van der Waals surface area contributed by atoms with Gasteiger partial charge in [0.2, 0.25) is 0 Å². The molecule has 0 radical (unpaired) electrons. The summed E-state index contributed by atoms with van der Waals surface area (Å²) in [6.45, 7) is 5.67. The largest absolute Gasteiger partial charge is 0.314 e. The monoisotopic (exact) mass is 245 g/mol. The lowest BCUT2D eigenvalue weighted by atomic mass is 9.85. The van der Waals surface area contributed by atoms with Gasteiger partial charge in [0.1, 0.15) is 0 Å². The normalized spacial score (nSPS) is 18.4. The van der Waals surface area contributed by atoms with E-state index in [1.807, 2.05) is 0 Å². The molecule has 0 aromatic heterocycles. The van der Waals surface area contributed by atoms with Crippen LogP contribution in [0.2, 0.25) is 0 Å². The van der Waals surface area contributed by atoms with Gasteiger partial charge < -0.3 is 5.32 Å². The van der Waals surface area contributed by atoms with Crippen molar-refractivity contribution >= 4 is 0 Å². The van der Waals surface area contributed by atoms with E-state index in [9.17, 15) is 0 Å². The Hall–Kier alpha value is -0.820. The SMILES string of the molecule is CC(C)NCC(Cc1ccccc1)C1CCCC1. The number of benzene rings is 1. The van der Waals surface area contributed by atoms with Crippen LogP contribution in [0.15, 0.2) is 30.3 Å². The molecule has 2 rings (SSSR count). The second-order valence-corrected chi connectivity index (χ2v) is 6.06. The first-order chi connectivity index (χ1) is 8.75. The molecule has 1 saturated carbocycles. The molecule has 0 bridgehead atoms. The number of hydrogen-bond donors (Lipinski definition) is 1. The van der Waals surface area contributed by atoms with Gasteiger partial charge in [0.25, 0.3) is 0 Å². The van der Waals surface area contributed by atoms with Gasteiger partial charge in [0.15, 0.2) is 0 Å². The van der Waals surface area contributed by atoms with E-state index in [0.29, 0.717) is 6.04 Å². The highest BCUT2D eigenvalue weighted by Gasteiger charge is 2.25. The summed E-state index contributed by atoms with van der Waals surface area (Å²) in [5, 5.41) is 3.64. The molecule has 1 heteroatoms. The topological polar surface area (TPSA) is 12.0 Å². The number of nitrogens with one attached hydrogen (secondary N) is 1. The molecule has 1 aliphatic rings. The van der Waals surface area contributed by atoms with Crippen molar-refractivity contribution < 1.29 is 0 Å². The van der Waals surface area contributed by atoms with Crippen molar-refractivity contribution in [2.24, 2.45) is 11.8 Å². The first-order valence-electron chi connectivity index (χ1n) is 7.53. The summed E-state index contributed by atoms with van der Waals surface area (Å²) >= 11 is 0. The van der Waals surface area contributed by atoms with Crippen molar-refractivity contribution in [3.05, 3.63) is 35.9 Å². The van der Waals surface area contributed by atoms with Crippen molar-refractivity contribution in [3.8, 4) is 0 Å². The predicted octanol–water partition coefficient (Wildman–Crippen LogP) is 4.03. The van der Waals surface area contributed by atoms with Crippen LogP contribution >= 0.6 is 0 Å². The van der Waals surface area contributed by atoms with E-state index in [0.717, 1.165) is 11.8 Å². The molecule has 1 aromatic carbocycles. The Balaban J connectivity index is 1.95. The predicted molar refractivity (Wildman–Crippen MR) is 78.7 cm³/mol. The Labute approximate surface area is 112 Å². The summed E-state index contributed by atoms with van der Waals surface area (Å²) in [5.74, 6) is 1.76. The van der Waals surface area contributed by atoms with Crippen LogP contribution < -0.4 is 5.32 Å². The van der Waals surface area contributed by atoms with Crippen LogP contribution in [-0.2, 0) is 6.42 Å². The zero-order valence-electron chi connectivity index (χ0n) is 11.9. The molecular weight excluding hydrogens is 218 g/mol. The first kappa shape index (κ1) is 13.6. The maximum atomic E-state index is 3.64. The van der Waals surface area contributed by atoms with Crippen LogP contribution in [-0.4, -0.2) is 12.6 Å². The van der Waals surface area contributed by atoms with E-state index in [4.69, 9.17) is 0 Å². The van der Waals surface area contributed by atoms with E-state index >= 15 is 0 Å². The molecule has 0 amide bonds. The zero-order chi connectivity index (χ0) is 12.8. The van der Waals surface area contributed by atoms with Gasteiger partial charge in [-0.25, -0.2) is 0 Å². The maximum Gasteiger partial charge on any atom is 0.00104 e. The lowest BCUT2D eigenvalue weighted by molar-refractivity contribution is 0.313. The fourth-order valence-electron chi connectivity index (χ4n) is 3.14. The average molecular weight is 245 g/mol. The lowest BCUT2D eigenvalue weighted by Gasteiger charge is -2.25. The van der Waals surface area contributed by atoms with Crippen LogP contribution in [0.3, 0.4) is 0 Å². The quantitative estimate of drug-likeness (QED) is 0.798. The van der Waals surface area contributed by atoms with Gasteiger partial charge in [-0.05, 0) is 30.4 Å². The summed E-state index contributed by atoms with van der Waals surface area (Å²) in [5.41, 5.74) is 1.50. The zero-order valence-corrected chi connectivity index (χ0v) is 11.9. The highest BCUT2D eigenvalue weighted by Crippen LogP contribution is 2.33. The summed E-state index contributed by atoms with van der Waals surface area (Å²) in [6.07, 6.45) is 7.01. The molecule has 1 unspecified atom stereocenters. The van der Waals surface area contributed by atoms with Gasteiger partial charge >= 0.3 is 0 Å². The van der Waals surface area contributed by atoms with E-state index in [1.165, 1.54) is 44.2 Å². The molecule has 0 spiro atoms. The third-order valence-corrected chi connectivity index (χ3v) is 4.20. The van der Waals surface area contributed by atoms with Crippen molar-refractivity contribution in [1.29, 1.82) is 0 Å². The molecule has 1 fully saturated rings. The Bertz CT molecular complexity index is 325. The van der Waals surface area contributed by atoms with Gasteiger partial charge in [0.05, 0.1) is 0 Å². The van der Waals surface area contributed by atoms with Gasteiger partial charge in [0, 0.05) is 6.04 Å². The van der Waals surface area contributed by atoms with E-state index in [2.05, 4.69) is 49.5 Å². The van der Waals surface area contributed by atoms with Crippen LogP contribution in [0.1, 0.15) is 45.1 Å². The Morgan fingerprint density at radius 3 is 2.39 bits per heavy atom. The lowest BCUT2D eigenvalue weighted by Crippen LogP contribution is -2.33. The minimum atomic E-state index is 0.602. The molecule has 1 aromatic rings. The smallest absolute Gasteiger partial charge is 0.00104 e. The van der Waals surface area contributed by atoms with Gasteiger partial charge in [-0.3, -0.25) is 0 Å². The van der Waals surface area contributed by atoms with E-state index in [-0.39, 0.29) is 0 Å². The molecule has 0 heterocycles. The maximum absolute atomic E-state index is 3.64. The van der Waals surface area contributed by atoms with Crippen molar-refractivity contribution in [2.45, 2.75) is 52.0 Å². The van der Waals surface area contributed by atoms with Gasteiger partial charge in [-0.2, -0.15) is 0 Å². The standard InChI is InChI=1S/C17H27N/c1-14(2)18-13-17(16-10-6-7-11-16)12-15-8-4-3-5-9-15/h3-5,8-9,14,16-18H,6-7,10-13H2,1-2H3. The third-order valence-electron chi connectivity index (χ3n) is 4.20. The van der Waals surface area contributed by atoms with E-state index in [1.54, 1.807) is 0 Å². The molecular formula is C17H27N. The molecule has 1 N–H and O–H groups in total. The molecule has 0 aliphatic heterocycles. The van der Waals surface area contributed by atoms with Gasteiger partial charge in [-0.1, -0.05) is 69.9 Å². The summed E-state index contributed by atoms with van der Waals surface area (Å²) in [6, 6.07) is 11.6. The average Bonchev–Trinajstić information content (AvgIpc) is 2.89.